The quantitative estimate of drug-likeness (QED) is 0.492. The maximum atomic E-state index is 12.5. The topological polar surface area (TPSA) is 66.5 Å². The van der Waals surface area contributed by atoms with Crippen molar-refractivity contribution in [1.82, 2.24) is 10.2 Å². The number of nitrogens with one attached hydrogen (secondary N) is 1. The fourth-order valence-corrected chi connectivity index (χ4v) is 1.79. The van der Waals surface area contributed by atoms with Crippen molar-refractivity contribution in [3.05, 3.63) is 14.0 Å². The van der Waals surface area contributed by atoms with Gasteiger partial charge in [0.25, 0.3) is 0 Å². The Balaban J connectivity index is -0.000000905. The smallest absolute Gasteiger partial charge is 0.468 e. The zero-order valence-corrected chi connectivity index (χ0v) is 25.2. The van der Waals surface area contributed by atoms with Crippen molar-refractivity contribution in [3.63, 3.8) is 0 Å². The number of nitrogens with zero attached hydrogens (tertiary/aromatic N) is 1. The van der Waals surface area contributed by atoms with Gasteiger partial charge in [-0.15, -0.1) is 0 Å². The molecule has 1 unspecified atom stereocenters. The Labute approximate surface area is 229 Å². The van der Waals surface area contributed by atoms with E-state index >= 15 is 0 Å². The molecular weight excluding hydrogens is 403 g/mol. The van der Waals surface area contributed by atoms with Crippen molar-refractivity contribution in [1.29, 1.82) is 0 Å². The normalized spacial score (nSPS) is 13.7. The van der Waals surface area contributed by atoms with Gasteiger partial charge < -0.3 is 21.9 Å². The van der Waals surface area contributed by atoms with Crippen LogP contribution in [-0.2, 0) is 14.4 Å². The Bertz CT molecular complexity index is 531. The van der Waals surface area contributed by atoms with Crippen LogP contribution < -0.4 is 56.7 Å². The summed E-state index contributed by atoms with van der Waals surface area (Å²) in [5, 5.41) is 2.85. The van der Waals surface area contributed by atoms with Gasteiger partial charge in [0.05, 0.1) is 13.1 Å². The molecule has 0 rings (SSSR count). The molecule has 6 heteroatoms. The summed E-state index contributed by atoms with van der Waals surface area (Å²) in [5.74, 6) is -0.0787. The van der Waals surface area contributed by atoms with Crippen LogP contribution in [0.1, 0.15) is 83.1 Å². The second-order valence-corrected chi connectivity index (χ2v) is 11.8. The molecule has 5 nitrogen and oxygen atoms in total. The summed E-state index contributed by atoms with van der Waals surface area (Å²) in [4.78, 5) is 38.9. The van der Waals surface area contributed by atoms with Gasteiger partial charge in [0.15, 0.2) is 11.6 Å². The summed E-state index contributed by atoms with van der Waals surface area (Å²) in [6, 6.07) is -0.715. The molecule has 0 fully saturated rings. The molecule has 172 valence electrons. The Kier molecular flexibility index (Phi) is 15.6. The predicted octanol–water partition coefficient (Wildman–Crippen LogP) is 1.51. The number of carbonyl (C=O) groups excluding carboxylic acids is 3. The average molecular weight is 450 g/mol. The fraction of sp³-hybridized carbons (Fsp3) is 0.792. The molecule has 0 amide bonds. The zero-order valence-electron chi connectivity index (χ0n) is 22.1. The number of Topliss-reactive ketones (excluding diaryl/α,β-unsaturated/α-hetero) is 3. The van der Waals surface area contributed by atoms with E-state index in [9.17, 15) is 14.4 Å². The third kappa shape index (κ3) is 15.4. The monoisotopic (exact) mass is 449 g/mol. The van der Waals surface area contributed by atoms with Crippen molar-refractivity contribution in [3.8, 4) is 0 Å². The van der Waals surface area contributed by atoms with Crippen LogP contribution in [0.25, 0.3) is 0 Å². The van der Waals surface area contributed by atoms with E-state index in [2.05, 4.69) is 40.1 Å². The molecule has 0 aliphatic rings. The molecular formula is C24H46KN2O3-. The molecule has 30 heavy (non-hydrogen) atoms. The number of ketones is 3. The van der Waals surface area contributed by atoms with E-state index in [0.717, 1.165) is 0 Å². The molecule has 0 saturated carbocycles. The van der Waals surface area contributed by atoms with Crippen LogP contribution in [0, 0.1) is 30.2 Å². The van der Waals surface area contributed by atoms with E-state index in [-0.39, 0.29) is 87.4 Å². The van der Waals surface area contributed by atoms with Crippen LogP contribution in [-0.4, -0.2) is 46.9 Å². The zero-order chi connectivity index (χ0) is 24.0. The van der Waals surface area contributed by atoms with Crippen molar-refractivity contribution < 1.29 is 65.8 Å². The van der Waals surface area contributed by atoms with Crippen LogP contribution in [0.5, 0.6) is 0 Å². The van der Waals surface area contributed by atoms with E-state index < -0.39 is 22.3 Å². The first-order valence-electron chi connectivity index (χ1n) is 10.3. The summed E-state index contributed by atoms with van der Waals surface area (Å²) in [7, 11) is 3.51. The Morgan fingerprint density at radius 1 is 0.733 bits per heavy atom. The maximum Gasteiger partial charge on any atom is 1.00 e. The van der Waals surface area contributed by atoms with Crippen LogP contribution >= 0.6 is 0 Å². The van der Waals surface area contributed by atoms with Crippen LogP contribution in [0.4, 0.5) is 0 Å². The molecule has 1 atom stereocenters. The van der Waals surface area contributed by atoms with Gasteiger partial charge in [-0.3, -0.25) is 16.6 Å². The van der Waals surface area contributed by atoms with Crippen LogP contribution in [0.2, 0.25) is 0 Å². The first-order valence-corrected chi connectivity index (χ1v) is 10.3. The first kappa shape index (κ1) is 35.2. The second kappa shape index (κ2) is 13.3. The number of rotatable bonds is 6. The largest absolute Gasteiger partial charge is 1.00 e. The molecule has 0 aliphatic heterocycles. The number of carbonyl (C=O) groups is 3. The van der Waals surface area contributed by atoms with Gasteiger partial charge in [-0.2, -0.15) is 0 Å². The van der Waals surface area contributed by atoms with Gasteiger partial charge in [-0.1, -0.05) is 68.4 Å². The molecule has 0 aromatic heterocycles. The number of hydrogen-bond acceptors (Lipinski definition) is 5. The summed E-state index contributed by atoms with van der Waals surface area (Å²) < 4.78 is 0. The maximum absolute atomic E-state index is 12.5. The average Bonchev–Trinajstić information content (AvgIpc) is 2.49. The summed E-state index contributed by atoms with van der Waals surface area (Å²) in [6.07, 6.45) is 0. The molecule has 0 saturated heterocycles. The Morgan fingerprint density at radius 2 is 1.00 bits per heavy atom. The van der Waals surface area contributed by atoms with Gasteiger partial charge in [0.2, 0.25) is 0 Å². The molecule has 1 N–H and O–H groups in total. The van der Waals surface area contributed by atoms with E-state index in [1.807, 2.05) is 62.3 Å². The van der Waals surface area contributed by atoms with E-state index in [1.165, 1.54) is 0 Å². The summed E-state index contributed by atoms with van der Waals surface area (Å²) in [6.45, 7) is 26.8. The molecule has 0 aromatic carbocycles. The van der Waals surface area contributed by atoms with Crippen LogP contribution in [0.3, 0.4) is 0 Å². The third-order valence-corrected chi connectivity index (χ3v) is 4.38. The predicted molar refractivity (Wildman–Crippen MR) is 122 cm³/mol. The minimum absolute atomic E-state index is 0. The standard InChI is InChI=1S/C19H34NO3.C5H12N.K/c1-13(16(23)19(8,9)10)20(11-14(21)17(2,3)4)12-15(22)18(5,6)7;1-5(2,3)6-4;/h13H,1,11-12H2,2-10H3;6H,4H2,1-3H3;/q2*-1;+1. The molecule has 0 radical (unpaired) electrons. The summed E-state index contributed by atoms with van der Waals surface area (Å²) in [5.41, 5.74) is -1.43. The summed E-state index contributed by atoms with van der Waals surface area (Å²) >= 11 is 0. The number of hydrogen-bond donors (Lipinski definition) is 1. The molecule has 0 heterocycles. The molecule has 0 bridgehead atoms. The Hall–Kier alpha value is 0.566. The van der Waals surface area contributed by atoms with Crippen LogP contribution in [0.15, 0.2) is 0 Å². The van der Waals surface area contributed by atoms with Gasteiger partial charge in [-0.05, 0) is 26.3 Å². The van der Waals surface area contributed by atoms with Crippen molar-refractivity contribution in [2.24, 2.45) is 16.2 Å². The first-order chi connectivity index (χ1) is 12.5. The van der Waals surface area contributed by atoms with Gasteiger partial charge in [0.1, 0.15) is 5.78 Å². The fourth-order valence-electron chi connectivity index (χ4n) is 1.79. The molecule has 0 spiro atoms. The molecule has 0 aromatic rings. The van der Waals surface area contributed by atoms with Crippen molar-refractivity contribution in [2.45, 2.75) is 94.7 Å². The van der Waals surface area contributed by atoms with Gasteiger partial charge >= 0.3 is 51.4 Å². The van der Waals surface area contributed by atoms with Crippen molar-refractivity contribution >= 4 is 17.3 Å². The van der Waals surface area contributed by atoms with E-state index in [4.69, 9.17) is 0 Å². The van der Waals surface area contributed by atoms with E-state index in [0.29, 0.717) is 0 Å². The second-order valence-electron chi connectivity index (χ2n) is 11.8. The van der Waals surface area contributed by atoms with Gasteiger partial charge in [-0.25, -0.2) is 0 Å². The van der Waals surface area contributed by atoms with E-state index in [1.54, 1.807) is 4.90 Å². The minimum atomic E-state index is -0.715. The SMILES string of the molecule is [CH2-]C(C(=O)C(C)(C)C)N(CC(=O)C(C)(C)C)CC(=O)C(C)(C)C.[CH2-]NC(C)(C)C.[K+]. The third-order valence-electron chi connectivity index (χ3n) is 4.38. The Morgan fingerprint density at radius 3 is 1.17 bits per heavy atom. The minimum Gasteiger partial charge on any atom is -0.468 e. The van der Waals surface area contributed by atoms with Gasteiger partial charge in [0, 0.05) is 16.2 Å². The molecule has 0 aliphatic carbocycles. The van der Waals surface area contributed by atoms with Crippen molar-refractivity contribution in [2.75, 3.05) is 13.1 Å².